The van der Waals surface area contributed by atoms with Crippen molar-refractivity contribution in [3.8, 4) is 11.1 Å². The third-order valence-corrected chi connectivity index (χ3v) is 7.10. The quantitative estimate of drug-likeness (QED) is 0.483. The summed E-state index contributed by atoms with van der Waals surface area (Å²) in [5.74, 6) is -0.126. The third-order valence-electron chi connectivity index (χ3n) is 7.10. The number of nitrogens with zero attached hydrogens (tertiary/aromatic N) is 1. The van der Waals surface area contributed by atoms with Gasteiger partial charge in [-0.1, -0.05) is 60.2 Å². The Labute approximate surface area is 208 Å². The van der Waals surface area contributed by atoms with Crippen LogP contribution in [0.5, 0.6) is 0 Å². The number of rotatable bonds is 6. The molecule has 2 aliphatic rings. The largest absolute Gasteiger partial charge is 0.509 e. The van der Waals surface area contributed by atoms with E-state index in [4.69, 9.17) is 4.74 Å². The molecule has 0 atom stereocenters. The van der Waals surface area contributed by atoms with Crippen LogP contribution in [0.3, 0.4) is 0 Å². The molecule has 0 unspecified atom stereocenters. The van der Waals surface area contributed by atoms with Crippen LogP contribution in [-0.2, 0) is 11.3 Å². The lowest BCUT2D eigenvalue weighted by molar-refractivity contribution is 0.158. The number of piperazine rings is 1. The maximum absolute atomic E-state index is 13.9. The second-order valence-electron chi connectivity index (χ2n) is 9.40. The standard InChI is InChI=1S/C27H28BF3N3O2/c1-18-19(16-34-12-10-32-11-13-34)14-20(15-26(18)28(29,30)31)33-27(35)36-17-25-23-8-4-2-6-21(23)22-7-3-5-9-24(22)25/h2-9,14-15,25,32H,10-13,16-17H2,1H3,(H,33,35)/q-1. The average Bonchev–Trinajstić information content (AvgIpc) is 3.18. The van der Waals surface area contributed by atoms with Crippen LogP contribution in [0.25, 0.3) is 11.1 Å². The van der Waals surface area contributed by atoms with E-state index in [1.165, 1.54) is 6.92 Å². The predicted molar refractivity (Wildman–Crippen MR) is 137 cm³/mol. The SMILES string of the molecule is Cc1c(CN2CCNCC2)cc(NC(=O)OCC2c3ccccc3-c3ccccc32)cc1[B-](F)(F)F. The number of carbonyl (C=O) groups is 1. The molecule has 3 aromatic carbocycles. The molecule has 36 heavy (non-hydrogen) atoms. The number of amides is 1. The first-order valence-corrected chi connectivity index (χ1v) is 12.2. The molecule has 1 saturated heterocycles. The summed E-state index contributed by atoms with van der Waals surface area (Å²) in [6.07, 6.45) is -0.769. The van der Waals surface area contributed by atoms with E-state index in [1.54, 1.807) is 6.07 Å². The Kier molecular flexibility index (Phi) is 6.77. The van der Waals surface area contributed by atoms with Gasteiger partial charge < -0.3 is 23.0 Å². The molecule has 3 aromatic rings. The highest BCUT2D eigenvalue weighted by Gasteiger charge is 2.31. The van der Waals surface area contributed by atoms with Crippen molar-refractivity contribution in [2.45, 2.75) is 19.4 Å². The topological polar surface area (TPSA) is 53.6 Å². The van der Waals surface area contributed by atoms with E-state index in [-0.39, 0.29) is 23.8 Å². The van der Waals surface area contributed by atoms with Crippen molar-refractivity contribution in [2.24, 2.45) is 0 Å². The smallest absolute Gasteiger partial charge is 0.448 e. The fraction of sp³-hybridized carbons (Fsp3) is 0.296. The Hall–Kier alpha value is -3.30. The summed E-state index contributed by atoms with van der Waals surface area (Å²) in [6.45, 7) is -0.130. The molecule has 1 amide bonds. The van der Waals surface area contributed by atoms with E-state index in [2.05, 4.69) is 15.5 Å². The molecule has 9 heteroatoms. The van der Waals surface area contributed by atoms with Gasteiger partial charge in [-0.25, -0.2) is 4.79 Å². The molecule has 188 valence electrons. The number of hydrogen-bond acceptors (Lipinski definition) is 4. The van der Waals surface area contributed by atoms with Crippen LogP contribution >= 0.6 is 0 Å². The van der Waals surface area contributed by atoms with Gasteiger partial charge in [0, 0.05) is 44.3 Å². The van der Waals surface area contributed by atoms with Gasteiger partial charge in [-0.3, -0.25) is 10.2 Å². The Balaban J connectivity index is 1.33. The number of benzene rings is 3. The normalized spacial score (nSPS) is 15.9. The lowest BCUT2D eigenvalue weighted by atomic mass is 9.75. The van der Waals surface area contributed by atoms with E-state index in [9.17, 15) is 17.7 Å². The summed E-state index contributed by atoms with van der Waals surface area (Å²) >= 11 is 0. The number of halogens is 3. The van der Waals surface area contributed by atoms with Gasteiger partial charge in [0.1, 0.15) is 6.61 Å². The maximum atomic E-state index is 13.9. The first-order chi connectivity index (χ1) is 17.3. The molecular weight excluding hydrogens is 466 g/mol. The van der Waals surface area contributed by atoms with E-state index < -0.39 is 18.5 Å². The van der Waals surface area contributed by atoms with Crippen LogP contribution in [-0.4, -0.2) is 50.8 Å². The molecule has 2 N–H and O–H groups in total. The van der Waals surface area contributed by atoms with Gasteiger partial charge in [0.05, 0.1) is 0 Å². The summed E-state index contributed by atoms with van der Waals surface area (Å²) in [4.78, 5) is 14.8. The monoisotopic (exact) mass is 494 g/mol. The molecule has 0 bridgehead atoms. The molecule has 1 heterocycles. The fourth-order valence-corrected chi connectivity index (χ4v) is 5.24. The molecule has 5 rings (SSSR count). The van der Waals surface area contributed by atoms with Gasteiger partial charge in [-0.15, -0.1) is 5.46 Å². The van der Waals surface area contributed by atoms with E-state index in [0.29, 0.717) is 12.1 Å². The predicted octanol–water partition coefficient (Wildman–Crippen LogP) is 4.82. The average molecular weight is 494 g/mol. The molecule has 0 spiro atoms. The second-order valence-corrected chi connectivity index (χ2v) is 9.40. The van der Waals surface area contributed by atoms with E-state index in [0.717, 1.165) is 54.5 Å². The lowest BCUT2D eigenvalue weighted by Gasteiger charge is -2.29. The molecule has 0 saturated carbocycles. The molecular formula is C27H28BF3N3O2-. The van der Waals surface area contributed by atoms with Gasteiger partial charge >= 0.3 is 13.1 Å². The molecule has 5 nitrogen and oxygen atoms in total. The summed E-state index contributed by atoms with van der Waals surface area (Å²) < 4.78 is 47.1. The van der Waals surface area contributed by atoms with Crippen molar-refractivity contribution < 1.29 is 22.5 Å². The van der Waals surface area contributed by atoms with Gasteiger partial charge in [0.2, 0.25) is 0 Å². The van der Waals surface area contributed by atoms with Crippen LogP contribution in [0.1, 0.15) is 28.2 Å². The number of anilines is 1. The zero-order chi connectivity index (χ0) is 25.3. The minimum absolute atomic E-state index is 0.0927. The third kappa shape index (κ3) is 4.99. The summed E-state index contributed by atoms with van der Waals surface area (Å²) in [6, 6.07) is 18.6. The van der Waals surface area contributed by atoms with Gasteiger partial charge in [0.25, 0.3) is 0 Å². The van der Waals surface area contributed by atoms with Crippen LogP contribution in [0.4, 0.5) is 23.4 Å². The minimum Gasteiger partial charge on any atom is -0.448 e. The molecule has 1 aliphatic heterocycles. The van der Waals surface area contributed by atoms with Crippen LogP contribution in [0.2, 0.25) is 0 Å². The van der Waals surface area contributed by atoms with Crippen molar-refractivity contribution in [1.29, 1.82) is 0 Å². The van der Waals surface area contributed by atoms with Crippen molar-refractivity contribution in [3.05, 3.63) is 82.9 Å². The minimum atomic E-state index is -5.23. The number of fused-ring (bicyclic) bond motifs is 3. The highest BCUT2D eigenvalue weighted by atomic mass is 19.4. The van der Waals surface area contributed by atoms with Crippen molar-refractivity contribution in [3.63, 3.8) is 0 Å². The van der Waals surface area contributed by atoms with Gasteiger partial charge in [-0.05, 0) is 40.8 Å². The zero-order valence-corrected chi connectivity index (χ0v) is 20.1. The maximum Gasteiger partial charge on any atom is 0.509 e. The molecule has 0 radical (unpaired) electrons. The molecule has 1 aliphatic carbocycles. The Morgan fingerprint density at radius 2 is 1.64 bits per heavy atom. The van der Waals surface area contributed by atoms with Crippen LogP contribution in [0.15, 0.2) is 60.7 Å². The highest BCUT2D eigenvalue weighted by Crippen LogP contribution is 2.44. The van der Waals surface area contributed by atoms with Crippen molar-refractivity contribution in [1.82, 2.24) is 10.2 Å². The summed E-state index contributed by atoms with van der Waals surface area (Å²) in [5, 5.41) is 5.79. The van der Waals surface area contributed by atoms with E-state index in [1.807, 2.05) is 48.5 Å². The first kappa shape index (κ1) is 24.4. The molecule has 0 aromatic heterocycles. The number of ether oxygens (including phenoxy) is 1. The molecule has 1 fully saturated rings. The zero-order valence-electron chi connectivity index (χ0n) is 20.1. The van der Waals surface area contributed by atoms with Crippen LogP contribution < -0.4 is 16.1 Å². The summed E-state index contributed by atoms with van der Waals surface area (Å²) in [5.41, 5.74) is 4.53. The second kappa shape index (κ2) is 9.99. The first-order valence-electron chi connectivity index (χ1n) is 12.2. The Bertz CT molecular complexity index is 1230. The fourth-order valence-electron chi connectivity index (χ4n) is 5.24. The Morgan fingerprint density at radius 1 is 1.03 bits per heavy atom. The number of carbonyl (C=O) groups excluding carboxylic acids is 1. The number of hydrogen-bond donors (Lipinski definition) is 2. The van der Waals surface area contributed by atoms with Crippen molar-refractivity contribution in [2.75, 3.05) is 38.1 Å². The van der Waals surface area contributed by atoms with Gasteiger partial charge in [-0.2, -0.15) is 0 Å². The Morgan fingerprint density at radius 3 is 2.25 bits per heavy atom. The highest BCUT2D eigenvalue weighted by molar-refractivity contribution is 6.74. The summed E-state index contributed by atoms with van der Waals surface area (Å²) in [7, 11) is 0. The van der Waals surface area contributed by atoms with Gasteiger partial charge in [0.15, 0.2) is 0 Å². The van der Waals surface area contributed by atoms with Crippen LogP contribution in [0, 0.1) is 6.92 Å². The van der Waals surface area contributed by atoms with E-state index >= 15 is 0 Å². The number of nitrogens with one attached hydrogen (secondary N) is 2. The lowest BCUT2D eigenvalue weighted by Crippen LogP contribution is -2.43. The van der Waals surface area contributed by atoms with Crippen molar-refractivity contribution >= 4 is 24.2 Å².